The van der Waals surface area contributed by atoms with Gasteiger partial charge in [-0.3, -0.25) is 4.79 Å². The van der Waals surface area contributed by atoms with E-state index in [1.54, 1.807) is 12.1 Å². The van der Waals surface area contributed by atoms with E-state index in [4.69, 9.17) is 0 Å². The van der Waals surface area contributed by atoms with E-state index in [9.17, 15) is 9.90 Å². The fourth-order valence-corrected chi connectivity index (χ4v) is 1.59. The minimum Gasteiger partial charge on any atom is -0.508 e. The monoisotopic (exact) mass is 218 g/mol. The number of hydrogen-bond acceptors (Lipinski definition) is 2. The van der Waals surface area contributed by atoms with Crippen LogP contribution >= 0.6 is 0 Å². The van der Waals surface area contributed by atoms with E-state index in [0.29, 0.717) is 13.0 Å². The third kappa shape index (κ3) is 2.16. The van der Waals surface area contributed by atoms with Crippen LogP contribution in [0.5, 0.6) is 5.75 Å². The molecule has 1 aromatic carbocycles. The van der Waals surface area contributed by atoms with Gasteiger partial charge in [-0.25, -0.2) is 0 Å². The first-order valence-electron chi connectivity index (χ1n) is 5.26. The third-order valence-electron chi connectivity index (χ3n) is 2.46. The summed E-state index contributed by atoms with van der Waals surface area (Å²) >= 11 is 0. The molecule has 0 aliphatic rings. The van der Waals surface area contributed by atoms with Crippen LogP contribution in [0.2, 0.25) is 0 Å². The second-order valence-electron chi connectivity index (χ2n) is 3.70. The number of aromatic hydroxyl groups is 1. The van der Waals surface area contributed by atoms with Crippen LogP contribution in [0.4, 0.5) is 0 Å². The van der Waals surface area contributed by atoms with E-state index >= 15 is 0 Å². The van der Waals surface area contributed by atoms with Gasteiger partial charge in [-0.15, -0.1) is 0 Å². The van der Waals surface area contributed by atoms with Gasteiger partial charge in [0, 0.05) is 23.7 Å². The summed E-state index contributed by atoms with van der Waals surface area (Å²) in [6, 6.07) is 7.11. The number of phenolic OH excluding ortho intramolecular Hbond substituents is 1. The largest absolute Gasteiger partial charge is 0.508 e. The van der Waals surface area contributed by atoms with E-state index in [2.05, 4.69) is 10.3 Å². The fraction of sp³-hybridized carbons (Fsp3) is 0.250. The average molecular weight is 218 g/mol. The quantitative estimate of drug-likeness (QED) is 0.736. The maximum absolute atomic E-state index is 11.1. The summed E-state index contributed by atoms with van der Waals surface area (Å²) in [5, 5.41) is 13.1. The molecule has 0 aliphatic carbocycles. The van der Waals surface area contributed by atoms with Crippen LogP contribution in [0.1, 0.15) is 19.0 Å². The number of carbonyl (C=O) groups excluding carboxylic acids is 1. The first-order chi connectivity index (χ1) is 7.69. The van der Waals surface area contributed by atoms with Gasteiger partial charge in [0.2, 0.25) is 5.91 Å². The average Bonchev–Trinajstić information content (AvgIpc) is 2.67. The summed E-state index contributed by atoms with van der Waals surface area (Å²) in [6.45, 7) is 2.31. The van der Waals surface area contributed by atoms with Crippen molar-refractivity contribution in [3.8, 4) is 5.75 Å². The van der Waals surface area contributed by atoms with E-state index in [1.165, 1.54) is 0 Å². The van der Waals surface area contributed by atoms with Crippen LogP contribution < -0.4 is 5.32 Å². The molecule has 3 N–H and O–H groups in total. The van der Waals surface area contributed by atoms with E-state index < -0.39 is 0 Å². The predicted molar refractivity (Wildman–Crippen MR) is 62.1 cm³/mol. The van der Waals surface area contributed by atoms with Crippen LogP contribution in [-0.4, -0.2) is 16.0 Å². The number of hydrogen-bond donors (Lipinski definition) is 3. The molecule has 1 heterocycles. The molecule has 1 amide bonds. The zero-order chi connectivity index (χ0) is 11.5. The van der Waals surface area contributed by atoms with Gasteiger partial charge in [-0.1, -0.05) is 6.92 Å². The van der Waals surface area contributed by atoms with Crippen molar-refractivity contribution >= 4 is 16.8 Å². The molecule has 2 aromatic rings. The molecule has 0 bridgehead atoms. The molecule has 0 unspecified atom stereocenters. The Hall–Kier alpha value is -1.97. The number of amides is 1. The lowest BCUT2D eigenvalue weighted by Crippen LogP contribution is -2.21. The van der Waals surface area contributed by atoms with Crippen LogP contribution in [0.15, 0.2) is 24.3 Å². The number of aromatic amines is 1. The summed E-state index contributed by atoms with van der Waals surface area (Å²) in [5.41, 5.74) is 1.81. The first kappa shape index (κ1) is 10.5. The SMILES string of the molecule is CCC(=O)NCc1cc2ccc(O)cc2[nH]1. The second kappa shape index (κ2) is 4.26. The maximum atomic E-state index is 11.1. The summed E-state index contributed by atoms with van der Waals surface area (Å²) in [4.78, 5) is 14.2. The Morgan fingerprint density at radius 2 is 2.25 bits per heavy atom. The molecule has 2 rings (SSSR count). The zero-order valence-corrected chi connectivity index (χ0v) is 9.08. The summed E-state index contributed by atoms with van der Waals surface area (Å²) in [6.07, 6.45) is 0.487. The molecule has 16 heavy (non-hydrogen) atoms. The molecular formula is C12H14N2O2. The van der Waals surface area contributed by atoms with Crippen LogP contribution in [0.25, 0.3) is 10.9 Å². The highest BCUT2D eigenvalue weighted by Crippen LogP contribution is 2.20. The molecule has 0 saturated heterocycles. The highest BCUT2D eigenvalue weighted by molar-refractivity contribution is 5.82. The Kier molecular flexibility index (Phi) is 2.81. The number of rotatable bonds is 3. The zero-order valence-electron chi connectivity index (χ0n) is 9.08. The van der Waals surface area contributed by atoms with Crippen molar-refractivity contribution in [3.63, 3.8) is 0 Å². The third-order valence-corrected chi connectivity index (χ3v) is 2.46. The highest BCUT2D eigenvalue weighted by Gasteiger charge is 2.02. The van der Waals surface area contributed by atoms with Gasteiger partial charge in [0.1, 0.15) is 5.75 Å². The number of phenols is 1. The number of carbonyl (C=O) groups is 1. The topological polar surface area (TPSA) is 65.1 Å². The van der Waals surface area contributed by atoms with E-state index in [0.717, 1.165) is 16.6 Å². The predicted octanol–water partition coefficient (Wildman–Crippen LogP) is 1.90. The van der Waals surface area contributed by atoms with Crippen molar-refractivity contribution in [1.82, 2.24) is 10.3 Å². The number of fused-ring (bicyclic) bond motifs is 1. The lowest BCUT2D eigenvalue weighted by Gasteiger charge is -1.99. The molecule has 0 atom stereocenters. The summed E-state index contributed by atoms with van der Waals surface area (Å²) in [5.74, 6) is 0.264. The molecule has 1 aromatic heterocycles. The van der Waals surface area contributed by atoms with Crippen molar-refractivity contribution in [1.29, 1.82) is 0 Å². The number of nitrogens with one attached hydrogen (secondary N) is 2. The molecule has 0 radical (unpaired) electrons. The van der Waals surface area contributed by atoms with Crippen molar-refractivity contribution in [2.24, 2.45) is 0 Å². The molecule has 0 spiro atoms. The van der Waals surface area contributed by atoms with E-state index in [-0.39, 0.29) is 11.7 Å². The fourth-order valence-electron chi connectivity index (χ4n) is 1.59. The van der Waals surface area contributed by atoms with Crippen molar-refractivity contribution in [3.05, 3.63) is 30.0 Å². The van der Waals surface area contributed by atoms with Gasteiger partial charge in [-0.05, 0) is 23.6 Å². The molecular weight excluding hydrogens is 204 g/mol. The smallest absolute Gasteiger partial charge is 0.220 e. The Bertz CT molecular complexity index is 517. The van der Waals surface area contributed by atoms with E-state index in [1.807, 2.05) is 19.1 Å². The van der Waals surface area contributed by atoms with Crippen LogP contribution in [-0.2, 0) is 11.3 Å². The van der Waals surface area contributed by atoms with Gasteiger partial charge in [-0.2, -0.15) is 0 Å². The van der Waals surface area contributed by atoms with Gasteiger partial charge in [0.25, 0.3) is 0 Å². The number of benzene rings is 1. The van der Waals surface area contributed by atoms with Crippen LogP contribution in [0, 0.1) is 0 Å². The standard InChI is InChI=1S/C12H14N2O2/c1-2-12(16)13-7-9-5-8-3-4-10(15)6-11(8)14-9/h3-6,14-15H,2,7H2,1H3,(H,13,16). The lowest BCUT2D eigenvalue weighted by atomic mass is 10.2. The highest BCUT2D eigenvalue weighted by atomic mass is 16.3. The summed E-state index contributed by atoms with van der Waals surface area (Å²) in [7, 11) is 0. The van der Waals surface area contributed by atoms with Crippen molar-refractivity contribution in [2.75, 3.05) is 0 Å². The molecule has 0 saturated carbocycles. The molecule has 84 valence electrons. The molecule has 0 aliphatic heterocycles. The van der Waals surface area contributed by atoms with Gasteiger partial charge >= 0.3 is 0 Å². The maximum Gasteiger partial charge on any atom is 0.220 e. The minimum absolute atomic E-state index is 0.0292. The van der Waals surface area contributed by atoms with Gasteiger partial charge < -0.3 is 15.4 Å². The Balaban J connectivity index is 2.16. The first-order valence-corrected chi connectivity index (χ1v) is 5.26. The van der Waals surface area contributed by atoms with Crippen LogP contribution in [0.3, 0.4) is 0 Å². The van der Waals surface area contributed by atoms with Gasteiger partial charge in [0.15, 0.2) is 0 Å². The molecule has 4 nitrogen and oxygen atoms in total. The number of aromatic nitrogens is 1. The number of H-pyrrole nitrogens is 1. The Morgan fingerprint density at radius 1 is 1.44 bits per heavy atom. The van der Waals surface area contributed by atoms with Crippen molar-refractivity contribution in [2.45, 2.75) is 19.9 Å². The molecule has 4 heteroatoms. The molecule has 0 fully saturated rings. The normalized spacial score (nSPS) is 10.6. The second-order valence-corrected chi connectivity index (χ2v) is 3.70. The van der Waals surface area contributed by atoms with Crippen molar-refractivity contribution < 1.29 is 9.90 Å². The Labute approximate surface area is 93.3 Å². The lowest BCUT2D eigenvalue weighted by molar-refractivity contribution is -0.120. The summed E-state index contributed by atoms with van der Waals surface area (Å²) < 4.78 is 0. The Morgan fingerprint density at radius 3 is 3.00 bits per heavy atom. The minimum atomic E-state index is 0.0292. The van der Waals surface area contributed by atoms with Gasteiger partial charge in [0.05, 0.1) is 6.54 Å².